The molecule has 0 radical (unpaired) electrons. The van der Waals surface area contributed by atoms with Crippen LogP contribution in [0, 0.1) is 5.92 Å². The van der Waals surface area contributed by atoms with Crippen molar-refractivity contribution in [3.8, 4) is 0 Å². The van der Waals surface area contributed by atoms with Crippen LogP contribution in [0.1, 0.15) is 12.8 Å². The van der Waals surface area contributed by atoms with Gasteiger partial charge in [0.1, 0.15) is 0 Å². The summed E-state index contributed by atoms with van der Waals surface area (Å²) in [7, 11) is -3.24. The van der Waals surface area contributed by atoms with Crippen molar-refractivity contribution < 1.29 is 23.1 Å². The summed E-state index contributed by atoms with van der Waals surface area (Å²) in [6, 6.07) is -0.292. The Morgan fingerprint density at radius 3 is 2.32 bits per heavy atom. The number of likely N-dealkylation sites (tertiary alicyclic amines) is 1. The summed E-state index contributed by atoms with van der Waals surface area (Å²) in [6.07, 6.45) is 1.94. The quantitative estimate of drug-likeness (QED) is 0.565. The second-order valence-electron chi connectivity index (χ2n) is 4.50. The number of hydrogen-bond donors (Lipinski definition) is 3. The number of nitrogens with one attached hydrogen (secondary N) is 2. The van der Waals surface area contributed by atoms with Crippen LogP contribution in [0.25, 0.3) is 0 Å². The van der Waals surface area contributed by atoms with Crippen molar-refractivity contribution in [2.75, 3.05) is 32.4 Å². The van der Waals surface area contributed by atoms with E-state index in [-0.39, 0.29) is 25.0 Å². The summed E-state index contributed by atoms with van der Waals surface area (Å²) in [4.78, 5) is 24.0. The van der Waals surface area contributed by atoms with E-state index in [2.05, 4.69) is 10.0 Å². The number of carbonyl (C=O) groups excluding carboxylic acids is 1. The summed E-state index contributed by atoms with van der Waals surface area (Å²) >= 11 is 0. The summed E-state index contributed by atoms with van der Waals surface area (Å²) in [5, 5.41) is 11.4. The second kappa shape index (κ2) is 6.71. The van der Waals surface area contributed by atoms with Crippen LogP contribution in [-0.4, -0.2) is 62.9 Å². The highest BCUT2D eigenvalue weighted by Crippen LogP contribution is 2.16. The average molecular weight is 293 g/mol. The standard InChI is InChI=1S/C10H19N3O5S/c1-19(17,18)12-5-4-11-10(16)13-6-2-8(3-7-13)9(14)15/h8,12H,2-7H2,1H3,(H,11,16)(H,14,15). The van der Waals surface area contributed by atoms with Gasteiger partial charge in [0, 0.05) is 26.2 Å². The molecule has 0 saturated carbocycles. The number of carbonyl (C=O) groups is 2. The first kappa shape index (κ1) is 15.7. The Bertz CT molecular complexity index is 428. The zero-order chi connectivity index (χ0) is 14.5. The summed E-state index contributed by atoms with van der Waals surface area (Å²) in [5.41, 5.74) is 0. The van der Waals surface area contributed by atoms with Gasteiger partial charge in [-0.25, -0.2) is 17.9 Å². The van der Waals surface area contributed by atoms with Gasteiger partial charge < -0.3 is 15.3 Å². The minimum atomic E-state index is -3.24. The number of nitrogens with zero attached hydrogens (tertiary/aromatic N) is 1. The highest BCUT2D eigenvalue weighted by atomic mass is 32.2. The second-order valence-corrected chi connectivity index (χ2v) is 6.33. The number of piperidine rings is 1. The Hall–Kier alpha value is -1.35. The van der Waals surface area contributed by atoms with Crippen molar-refractivity contribution in [2.24, 2.45) is 5.92 Å². The Morgan fingerprint density at radius 2 is 1.84 bits per heavy atom. The molecule has 9 heteroatoms. The molecule has 0 aromatic carbocycles. The Morgan fingerprint density at radius 1 is 1.26 bits per heavy atom. The molecular formula is C10H19N3O5S. The van der Waals surface area contributed by atoms with E-state index in [0.717, 1.165) is 6.26 Å². The van der Waals surface area contributed by atoms with Gasteiger partial charge in [-0.1, -0.05) is 0 Å². The van der Waals surface area contributed by atoms with Gasteiger partial charge in [0.25, 0.3) is 0 Å². The molecule has 1 rings (SSSR count). The van der Waals surface area contributed by atoms with Gasteiger partial charge in [-0.15, -0.1) is 0 Å². The van der Waals surface area contributed by atoms with Crippen LogP contribution < -0.4 is 10.0 Å². The fourth-order valence-corrected chi connectivity index (χ4v) is 2.32. The van der Waals surface area contributed by atoms with E-state index < -0.39 is 16.0 Å². The van der Waals surface area contributed by atoms with Gasteiger partial charge in [0.2, 0.25) is 10.0 Å². The van der Waals surface area contributed by atoms with Crippen LogP contribution >= 0.6 is 0 Å². The van der Waals surface area contributed by atoms with Crippen LogP contribution in [0.15, 0.2) is 0 Å². The lowest BCUT2D eigenvalue weighted by Gasteiger charge is -2.30. The van der Waals surface area contributed by atoms with E-state index in [1.54, 1.807) is 4.90 Å². The molecule has 3 N–H and O–H groups in total. The molecule has 0 aromatic heterocycles. The number of hydrogen-bond acceptors (Lipinski definition) is 4. The number of carboxylic acids is 1. The first-order valence-electron chi connectivity index (χ1n) is 6.00. The van der Waals surface area contributed by atoms with Gasteiger partial charge in [0.05, 0.1) is 12.2 Å². The lowest BCUT2D eigenvalue weighted by Crippen LogP contribution is -2.47. The predicted molar refractivity (Wildman–Crippen MR) is 68.2 cm³/mol. The van der Waals surface area contributed by atoms with E-state index in [9.17, 15) is 18.0 Å². The van der Waals surface area contributed by atoms with Gasteiger partial charge in [-0.05, 0) is 12.8 Å². The molecular weight excluding hydrogens is 274 g/mol. The van der Waals surface area contributed by atoms with Gasteiger partial charge >= 0.3 is 12.0 Å². The summed E-state index contributed by atoms with van der Waals surface area (Å²) in [6.45, 7) is 1.14. The van der Waals surface area contributed by atoms with Crippen LogP contribution in [0.3, 0.4) is 0 Å². The molecule has 1 fully saturated rings. The summed E-state index contributed by atoms with van der Waals surface area (Å²) < 4.78 is 23.8. The largest absolute Gasteiger partial charge is 0.481 e. The molecule has 0 aliphatic carbocycles. The Kier molecular flexibility index (Phi) is 5.55. The average Bonchev–Trinajstić information content (AvgIpc) is 2.33. The molecule has 0 aromatic rings. The van der Waals surface area contributed by atoms with Gasteiger partial charge in [0.15, 0.2) is 0 Å². The first-order chi connectivity index (χ1) is 8.79. The molecule has 2 amide bonds. The van der Waals surface area contributed by atoms with Crippen molar-refractivity contribution in [3.05, 3.63) is 0 Å². The zero-order valence-corrected chi connectivity index (χ0v) is 11.6. The molecule has 1 saturated heterocycles. The number of urea groups is 1. The molecule has 110 valence electrons. The third-order valence-electron chi connectivity index (χ3n) is 2.90. The van der Waals surface area contributed by atoms with Crippen LogP contribution in [0.4, 0.5) is 4.79 Å². The van der Waals surface area contributed by atoms with Gasteiger partial charge in [-0.2, -0.15) is 0 Å². The molecule has 0 bridgehead atoms. The minimum Gasteiger partial charge on any atom is -0.481 e. The number of amides is 2. The first-order valence-corrected chi connectivity index (χ1v) is 7.89. The smallest absolute Gasteiger partial charge is 0.317 e. The van der Waals surface area contributed by atoms with Crippen molar-refractivity contribution >= 4 is 22.0 Å². The van der Waals surface area contributed by atoms with Crippen LogP contribution in [0.5, 0.6) is 0 Å². The van der Waals surface area contributed by atoms with Crippen molar-refractivity contribution in [2.45, 2.75) is 12.8 Å². The topological polar surface area (TPSA) is 116 Å². The number of rotatable bonds is 5. The Balaban J connectivity index is 2.23. The van der Waals surface area contributed by atoms with Crippen LogP contribution in [-0.2, 0) is 14.8 Å². The fourth-order valence-electron chi connectivity index (χ4n) is 1.85. The van der Waals surface area contributed by atoms with Crippen molar-refractivity contribution in [1.82, 2.24) is 14.9 Å². The summed E-state index contributed by atoms with van der Waals surface area (Å²) in [5.74, 6) is -1.20. The minimum absolute atomic E-state index is 0.135. The van der Waals surface area contributed by atoms with Gasteiger partial charge in [-0.3, -0.25) is 4.79 Å². The molecule has 0 unspecified atom stereocenters. The third-order valence-corrected chi connectivity index (χ3v) is 3.63. The van der Waals surface area contributed by atoms with Crippen LogP contribution in [0.2, 0.25) is 0 Å². The Labute approximate surface area is 112 Å². The highest BCUT2D eigenvalue weighted by Gasteiger charge is 2.26. The maximum atomic E-state index is 11.7. The van der Waals surface area contributed by atoms with E-state index in [1.807, 2.05) is 0 Å². The number of aliphatic carboxylic acids is 1. The lowest BCUT2D eigenvalue weighted by molar-refractivity contribution is -0.143. The molecule has 1 aliphatic rings. The maximum Gasteiger partial charge on any atom is 0.317 e. The lowest BCUT2D eigenvalue weighted by atomic mass is 9.97. The number of sulfonamides is 1. The predicted octanol–water partition coefficient (Wildman–Crippen LogP) is -0.958. The molecule has 0 atom stereocenters. The van der Waals surface area contributed by atoms with E-state index in [4.69, 9.17) is 5.11 Å². The molecule has 1 heterocycles. The molecule has 0 spiro atoms. The molecule has 8 nitrogen and oxygen atoms in total. The maximum absolute atomic E-state index is 11.7. The number of carboxylic acid groups (broad SMARTS) is 1. The zero-order valence-electron chi connectivity index (χ0n) is 10.8. The van der Waals surface area contributed by atoms with E-state index >= 15 is 0 Å². The fraction of sp³-hybridized carbons (Fsp3) is 0.800. The SMILES string of the molecule is CS(=O)(=O)NCCNC(=O)N1CCC(C(=O)O)CC1. The monoisotopic (exact) mass is 293 g/mol. The highest BCUT2D eigenvalue weighted by molar-refractivity contribution is 7.88. The molecule has 1 aliphatic heterocycles. The van der Waals surface area contributed by atoms with Crippen molar-refractivity contribution in [1.29, 1.82) is 0 Å². The van der Waals surface area contributed by atoms with Crippen molar-refractivity contribution in [3.63, 3.8) is 0 Å². The third kappa shape index (κ3) is 5.88. The van der Waals surface area contributed by atoms with E-state index in [0.29, 0.717) is 25.9 Å². The normalized spacial score (nSPS) is 17.2. The van der Waals surface area contributed by atoms with E-state index in [1.165, 1.54) is 0 Å². The molecule has 19 heavy (non-hydrogen) atoms.